The molecule has 0 radical (unpaired) electrons. The van der Waals surface area contributed by atoms with Crippen LogP contribution in [0, 0.1) is 17.0 Å². The van der Waals surface area contributed by atoms with Crippen LogP contribution < -0.4 is 4.74 Å². The van der Waals surface area contributed by atoms with Crippen molar-refractivity contribution in [1.29, 1.82) is 0 Å². The Labute approximate surface area is 108 Å². The summed E-state index contributed by atoms with van der Waals surface area (Å²) in [6.45, 7) is 3.42. The molecule has 0 unspecified atom stereocenters. The molecule has 0 atom stereocenters. The molecular formula is C13H18N2O3. The minimum Gasteiger partial charge on any atom is -0.490 e. The van der Waals surface area contributed by atoms with Gasteiger partial charge in [-0.25, -0.2) is 0 Å². The van der Waals surface area contributed by atoms with Crippen LogP contribution in [0.25, 0.3) is 0 Å². The van der Waals surface area contributed by atoms with Gasteiger partial charge in [-0.3, -0.25) is 10.1 Å². The molecular weight excluding hydrogens is 232 g/mol. The van der Waals surface area contributed by atoms with E-state index >= 15 is 0 Å². The van der Waals surface area contributed by atoms with Crippen molar-refractivity contribution < 1.29 is 11.0 Å². The van der Waals surface area contributed by atoms with Crippen LogP contribution in [0.3, 0.4) is 0 Å². The molecule has 1 aromatic carbocycles. The molecule has 0 aliphatic carbocycles. The van der Waals surface area contributed by atoms with Crippen LogP contribution in [-0.2, 0) is 0 Å². The fourth-order valence-corrected chi connectivity index (χ4v) is 1.99. The molecule has 0 spiro atoms. The van der Waals surface area contributed by atoms with Crippen molar-refractivity contribution in [2.75, 3.05) is 20.1 Å². The highest BCUT2D eigenvalue weighted by atomic mass is 16.6. The largest absolute Gasteiger partial charge is 0.490 e. The van der Waals surface area contributed by atoms with Gasteiger partial charge in [0.15, 0.2) is 0 Å². The Kier molecular flexibility index (Phi) is 3.41. The number of hydrogen-bond donors (Lipinski definition) is 0. The van der Waals surface area contributed by atoms with E-state index in [1.54, 1.807) is 13.0 Å². The first-order chi connectivity index (χ1) is 8.89. The van der Waals surface area contributed by atoms with Gasteiger partial charge in [-0.1, -0.05) is 0 Å². The maximum Gasteiger partial charge on any atom is 0.269 e. The lowest BCUT2D eigenvalue weighted by Crippen LogP contribution is -2.35. The second-order valence-electron chi connectivity index (χ2n) is 4.65. The topological polar surface area (TPSA) is 55.6 Å². The third-order valence-electron chi connectivity index (χ3n) is 3.17. The van der Waals surface area contributed by atoms with Crippen LogP contribution in [0.15, 0.2) is 18.2 Å². The highest BCUT2D eigenvalue weighted by molar-refractivity contribution is 5.43. The molecule has 0 amide bonds. The standard InChI is InChI=1S/C13H18N2O3/c1-10-9-11(15(16)17)3-4-13(10)18-12-5-7-14(2)8-6-12/h3-4,9,12H,5-8H2,1-2H3/i12D. The predicted molar refractivity (Wildman–Crippen MR) is 69.0 cm³/mol. The first-order valence-electron chi connectivity index (χ1n) is 6.52. The number of ether oxygens (including phenoxy) is 1. The number of rotatable bonds is 3. The Hall–Kier alpha value is -1.62. The number of benzene rings is 1. The van der Waals surface area contributed by atoms with Gasteiger partial charge >= 0.3 is 0 Å². The molecule has 0 saturated carbocycles. The average Bonchev–Trinajstić information content (AvgIpc) is 2.36. The first-order valence-corrected chi connectivity index (χ1v) is 6.02. The third-order valence-corrected chi connectivity index (χ3v) is 3.17. The molecule has 98 valence electrons. The summed E-state index contributed by atoms with van der Waals surface area (Å²) in [5, 5.41) is 10.7. The molecule has 0 N–H and O–H groups in total. The number of piperidine rings is 1. The van der Waals surface area contributed by atoms with Crippen molar-refractivity contribution >= 4 is 5.69 Å². The van der Waals surface area contributed by atoms with Gasteiger partial charge in [0.1, 0.15) is 11.8 Å². The highest BCUT2D eigenvalue weighted by Crippen LogP contribution is 2.26. The molecule has 0 aromatic heterocycles. The quantitative estimate of drug-likeness (QED) is 0.611. The van der Waals surface area contributed by atoms with Gasteiger partial charge in [-0.15, -0.1) is 0 Å². The molecule has 5 nitrogen and oxygen atoms in total. The zero-order chi connectivity index (χ0) is 14.0. The van der Waals surface area contributed by atoms with Gasteiger partial charge < -0.3 is 9.64 Å². The average molecular weight is 251 g/mol. The van der Waals surface area contributed by atoms with E-state index in [1.165, 1.54) is 12.1 Å². The van der Waals surface area contributed by atoms with E-state index in [0.717, 1.165) is 13.1 Å². The molecule has 1 aliphatic rings. The van der Waals surface area contributed by atoms with Gasteiger partial charge in [-0.2, -0.15) is 0 Å². The number of aryl methyl sites for hydroxylation is 1. The summed E-state index contributed by atoms with van der Waals surface area (Å²) >= 11 is 0. The highest BCUT2D eigenvalue weighted by Gasteiger charge is 2.19. The fourth-order valence-electron chi connectivity index (χ4n) is 1.99. The van der Waals surface area contributed by atoms with E-state index in [2.05, 4.69) is 4.90 Å². The molecule has 18 heavy (non-hydrogen) atoms. The van der Waals surface area contributed by atoms with Gasteiger partial charge in [0.2, 0.25) is 0 Å². The van der Waals surface area contributed by atoms with Crippen molar-refractivity contribution in [3.63, 3.8) is 0 Å². The lowest BCUT2D eigenvalue weighted by Gasteiger charge is -2.29. The Bertz CT molecular complexity index is 485. The van der Waals surface area contributed by atoms with Crippen LogP contribution in [-0.4, -0.2) is 36.0 Å². The SMILES string of the molecule is [2H]C1(Oc2ccc([N+](=O)[O-])cc2C)CCN(C)CC1. The van der Waals surface area contributed by atoms with Crippen LogP contribution in [0.5, 0.6) is 5.75 Å². The maximum atomic E-state index is 10.7. The van der Waals surface area contributed by atoms with E-state index < -0.39 is 11.0 Å². The van der Waals surface area contributed by atoms with Crippen LogP contribution in [0.2, 0.25) is 0 Å². The lowest BCUT2D eigenvalue weighted by molar-refractivity contribution is -0.384. The number of hydrogen-bond acceptors (Lipinski definition) is 4. The molecule has 0 bridgehead atoms. The van der Waals surface area contributed by atoms with Crippen molar-refractivity contribution in [3.05, 3.63) is 33.9 Å². The zero-order valence-corrected chi connectivity index (χ0v) is 10.7. The predicted octanol–water partition coefficient (Wildman–Crippen LogP) is 2.38. The summed E-state index contributed by atoms with van der Waals surface area (Å²) in [5.41, 5.74) is 0.743. The van der Waals surface area contributed by atoms with Gasteiger partial charge in [-0.05, 0) is 38.4 Å². The van der Waals surface area contributed by atoms with E-state index in [-0.39, 0.29) is 5.69 Å². The molecule has 1 aromatic rings. The Morgan fingerprint density at radius 2 is 2.17 bits per heavy atom. The second-order valence-corrected chi connectivity index (χ2v) is 4.65. The van der Waals surface area contributed by atoms with Gasteiger partial charge in [0.05, 0.1) is 6.29 Å². The number of nitro benzene ring substituents is 1. The van der Waals surface area contributed by atoms with Crippen molar-refractivity contribution in [2.45, 2.75) is 25.8 Å². The van der Waals surface area contributed by atoms with Crippen LogP contribution in [0.1, 0.15) is 19.8 Å². The Balaban J connectivity index is 2.13. The smallest absolute Gasteiger partial charge is 0.269 e. The Morgan fingerprint density at radius 1 is 1.50 bits per heavy atom. The van der Waals surface area contributed by atoms with E-state index in [9.17, 15) is 10.1 Å². The van der Waals surface area contributed by atoms with E-state index in [4.69, 9.17) is 6.11 Å². The number of likely N-dealkylation sites (tertiary alicyclic amines) is 1. The summed E-state index contributed by atoms with van der Waals surface area (Å²) in [4.78, 5) is 12.4. The van der Waals surface area contributed by atoms with E-state index in [0.29, 0.717) is 24.2 Å². The van der Waals surface area contributed by atoms with Crippen molar-refractivity contribution in [3.8, 4) is 5.75 Å². The zero-order valence-electron chi connectivity index (χ0n) is 11.7. The minimum absolute atomic E-state index is 0.0484. The Morgan fingerprint density at radius 3 is 2.72 bits per heavy atom. The summed E-state index contributed by atoms with van der Waals surface area (Å²) in [7, 11) is 2.02. The van der Waals surface area contributed by atoms with E-state index in [1.807, 2.05) is 7.05 Å². The monoisotopic (exact) mass is 251 g/mol. The second kappa shape index (κ2) is 5.35. The normalized spacial score (nSPS) is 20.2. The molecule has 1 aliphatic heterocycles. The first kappa shape index (κ1) is 11.5. The summed E-state index contributed by atoms with van der Waals surface area (Å²) < 4.78 is 14.1. The molecule has 1 fully saturated rings. The summed E-state index contributed by atoms with van der Waals surface area (Å²) in [5.74, 6) is 0.560. The molecule has 2 rings (SSSR count). The third kappa shape index (κ3) is 2.98. The molecule has 1 saturated heterocycles. The molecule has 5 heteroatoms. The van der Waals surface area contributed by atoms with Crippen LogP contribution >= 0.6 is 0 Å². The number of nitrogens with zero attached hydrogens (tertiary/aromatic N) is 2. The summed E-state index contributed by atoms with van der Waals surface area (Å²) in [6, 6.07) is 4.48. The lowest BCUT2D eigenvalue weighted by atomic mass is 10.1. The van der Waals surface area contributed by atoms with Gasteiger partial charge in [0, 0.05) is 25.2 Å². The van der Waals surface area contributed by atoms with Crippen LogP contribution in [0.4, 0.5) is 5.69 Å². The fraction of sp³-hybridized carbons (Fsp3) is 0.538. The number of nitro groups is 1. The maximum absolute atomic E-state index is 10.7. The molecule has 1 heterocycles. The summed E-state index contributed by atoms with van der Waals surface area (Å²) in [6.07, 6.45) is 0.354. The van der Waals surface area contributed by atoms with Crippen molar-refractivity contribution in [2.24, 2.45) is 0 Å². The van der Waals surface area contributed by atoms with Crippen molar-refractivity contribution in [1.82, 2.24) is 4.90 Å². The van der Waals surface area contributed by atoms with Gasteiger partial charge in [0.25, 0.3) is 5.69 Å². The number of non-ortho nitro benzene ring substituents is 1. The minimum atomic E-state index is -0.923.